The fourth-order valence-corrected chi connectivity index (χ4v) is 2.09. The summed E-state index contributed by atoms with van der Waals surface area (Å²) in [5.41, 5.74) is 1.12. The summed E-state index contributed by atoms with van der Waals surface area (Å²) in [4.78, 5) is 0. The molecule has 1 rings (SSSR count). The van der Waals surface area contributed by atoms with Crippen LogP contribution in [0.1, 0.15) is 5.56 Å². The van der Waals surface area contributed by atoms with Crippen LogP contribution in [0.3, 0.4) is 0 Å². The number of halogens is 1. The molecule has 0 aliphatic heterocycles. The van der Waals surface area contributed by atoms with Crippen LogP contribution < -0.4 is 0 Å². The average molecular weight is 239 g/mol. The summed E-state index contributed by atoms with van der Waals surface area (Å²) in [6, 6.07) is 10.0. The Morgan fingerprint density at radius 1 is 1.33 bits per heavy atom. The summed E-state index contributed by atoms with van der Waals surface area (Å²) >= 11 is 6.03. The molecule has 0 aliphatic rings. The lowest BCUT2D eigenvalue weighted by molar-refractivity contribution is 0.457. The zero-order valence-corrected chi connectivity index (χ0v) is 10.8. The molecule has 1 aromatic rings. The van der Waals surface area contributed by atoms with E-state index in [1.165, 1.54) is 0 Å². The number of allylic oxidation sites excluding steroid dienone is 1. The van der Waals surface area contributed by atoms with E-state index in [4.69, 9.17) is 15.5 Å². The molecule has 0 amide bonds. The summed E-state index contributed by atoms with van der Waals surface area (Å²) in [5, 5.41) is 0. The molecule has 1 aromatic carbocycles. The molecular formula is C12H15ClOSi. The Labute approximate surface area is 96.9 Å². The Balaban J connectivity index is 2.56. The Morgan fingerprint density at radius 2 is 1.93 bits per heavy atom. The summed E-state index contributed by atoms with van der Waals surface area (Å²) < 4.78 is 5.48. The molecule has 1 nitrogen and oxygen atoms in total. The van der Waals surface area contributed by atoms with Gasteiger partial charge in [-0.2, -0.15) is 0 Å². The van der Waals surface area contributed by atoms with Crippen molar-refractivity contribution >= 4 is 24.8 Å². The first-order chi connectivity index (χ1) is 6.97. The van der Waals surface area contributed by atoms with Crippen LogP contribution in [0.4, 0.5) is 0 Å². The summed E-state index contributed by atoms with van der Waals surface area (Å²) in [6.07, 6.45) is 3.80. The van der Waals surface area contributed by atoms with Crippen molar-refractivity contribution in [2.24, 2.45) is 0 Å². The second kappa shape index (κ2) is 5.19. The van der Waals surface area contributed by atoms with Crippen molar-refractivity contribution in [3.05, 3.63) is 54.3 Å². The molecule has 0 aromatic heterocycles. The average Bonchev–Trinajstić information content (AvgIpc) is 2.14. The number of rotatable bonds is 4. The minimum atomic E-state index is -2.04. The van der Waals surface area contributed by atoms with Crippen molar-refractivity contribution in [3.63, 3.8) is 0 Å². The van der Waals surface area contributed by atoms with Gasteiger partial charge in [0.05, 0.1) is 5.76 Å². The van der Waals surface area contributed by atoms with Crippen LogP contribution in [0.25, 0.3) is 6.08 Å². The van der Waals surface area contributed by atoms with Gasteiger partial charge in [-0.15, -0.1) is 11.1 Å². The molecule has 0 saturated carbocycles. The summed E-state index contributed by atoms with van der Waals surface area (Å²) in [6.45, 7) is 7.62. The van der Waals surface area contributed by atoms with Gasteiger partial charge < -0.3 is 4.43 Å². The van der Waals surface area contributed by atoms with E-state index in [0.717, 1.165) is 5.56 Å². The monoisotopic (exact) mass is 238 g/mol. The minimum absolute atomic E-state index is 0.616. The van der Waals surface area contributed by atoms with Crippen LogP contribution in [0.2, 0.25) is 13.1 Å². The van der Waals surface area contributed by atoms with E-state index in [1.807, 2.05) is 55.6 Å². The highest BCUT2D eigenvalue weighted by Crippen LogP contribution is 2.15. The zero-order chi connectivity index (χ0) is 11.3. The van der Waals surface area contributed by atoms with Crippen molar-refractivity contribution in [2.75, 3.05) is 0 Å². The number of hydrogen-bond acceptors (Lipinski definition) is 1. The maximum Gasteiger partial charge on any atom is 0.341 e. The van der Waals surface area contributed by atoms with Gasteiger partial charge in [-0.05, 0) is 24.7 Å². The van der Waals surface area contributed by atoms with E-state index in [2.05, 4.69) is 6.58 Å². The Morgan fingerprint density at radius 3 is 2.47 bits per heavy atom. The molecule has 0 heterocycles. The standard InChI is InChI=1S/C12H15ClOSi/c1-11(14-15(2,3)13)9-10-12-7-5-4-6-8-12/h4-10H,1H2,2-3H3/b10-9+. The molecule has 0 atom stereocenters. The Hall–Kier alpha value is -0.993. The molecular weight excluding hydrogens is 224 g/mol. The van der Waals surface area contributed by atoms with E-state index in [1.54, 1.807) is 0 Å². The zero-order valence-electron chi connectivity index (χ0n) is 9.03. The third kappa shape index (κ3) is 5.45. The highest BCUT2D eigenvalue weighted by Gasteiger charge is 2.19. The van der Waals surface area contributed by atoms with E-state index in [0.29, 0.717) is 5.76 Å². The highest BCUT2D eigenvalue weighted by atomic mass is 35.6. The summed E-state index contributed by atoms with van der Waals surface area (Å²) in [5.74, 6) is 0.616. The molecule has 0 unspecified atom stereocenters. The van der Waals surface area contributed by atoms with Gasteiger partial charge in [0, 0.05) is 0 Å². The van der Waals surface area contributed by atoms with Gasteiger partial charge in [0.25, 0.3) is 0 Å². The fourth-order valence-electron chi connectivity index (χ4n) is 1.10. The minimum Gasteiger partial charge on any atom is -0.530 e. The van der Waals surface area contributed by atoms with E-state index in [9.17, 15) is 0 Å². The molecule has 15 heavy (non-hydrogen) atoms. The first-order valence-electron chi connectivity index (χ1n) is 4.77. The van der Waals surface area contributed by atoms with Gasteiger partial charge in [-0.25, -0.2) is 0 Å². The third-order valence-corrected chi connectivity index (χ3v) is 2.61. The van der Waals surface area contributed by atoms with Gasteiger partial charge in [0.15, 0.2) is 0 Å². The quantitative estimate of drug-likeness (QED) is 0.331. The molecule has 0 spiro atoms. The predicted molar refractivity (Wildman–Crippen MR) is 69.0 cm³/mol. The van der Waals surface area contributed by atoms with Gasteiger partial charge in [0.1, 0.15) is 0 Å². The first-order valence-corrected chi connectivity index (χ1v) is 8.69. The predicted octanol–water partition coefficient (Wildman–Crippen LogP) is 4.17. The second-order valence-corrected chi connectivity index (χ2v) is 9.34. The second-order valence-electron chi connectivity index (χ2n) is 3.68. The van der Waals surface area contributed by atoms with Gasteiger partial charge in [0.2, 0.25) is 0 Å². The van der Waals surface area contributed by atoms with Crippen LogP contribution in [0.15, 0.2) is 48.7 Å². The lowest BCUT2D eigenvalue weighted by atomic mass is 10.2. The van der Waals surface area contributed by atoms with Crippen molar-refractivity contribution in [1.82, 2.24) is 0 Å². The normalized spacial score (nSPS) is 11.7. The Bertz CT molecular complexity index is 352. The molecule has 0 fully saturated rings. The fraction of sp³-hybridized carbons (Fsp3) is 0.167. The smallest absolute Gasteiger partial charge is 0.341 e. The van der Waals surface area contributed by atoms with Gasteiger partial charge >= 0.3 is 7.63 Å². The molecule has 3 heteroatoms. The largest absolute Gasteiger partial charge is 0.530 e. The van der Waals surface area contributed by atoms with Gasteiger partial charge in [-0.1, -0.05) is 43.0 Å². The molecule has 80 valence electrons. The molecule has 0 radical (unpaired) electrons. The molecule has 0 bridgehead atoms. The van der Waals surface area contributed by atoms with Crippen molar-refractivity contribution in [1.29, 1.82) is 0 Å². The van der Waals surface area contributed by atoms with Crippen molar-refractivity contribution in [2.45, 2.75) is 13.1 Å². The van der Waals surface area contributed by atoms with Crippen molar-refractivity contribution in [3.8, 4) is 0 Å². The topological polar surface area (TPSA) is 9.23 Å². The van der Waals surface area contributed by atoms with Crippen LogP contribution in [0.5, 0.6) is 0 Å². The SMILES string of the molecule is C=C(/C=C/c1ccccc1)O[Si](C)(C)Cl. The molecule has 0 saturated heterocycles. The van der Waals surface area contributed by atoms with Gasteiger partial charge in [-0.3, -0.25) is 0 Å². The van der Waals surface area contributed by atoms with Crippen LogP contribution >= 0.6 is 11.1 Å². The van der Waals surface area contributed by atoms with Crippen LogP contribution in [-0.2, 0) is 4.43 Å². The summed E-state index contributed by atoms with van der Waals surface area (Å²) in [7, 11) is -2.04. The lowest BCUT2D eigenvalue weighted by Gasteiger charge is -2.15. The van der Waals surface area contributed by atoms with Crippen LogP contribution in [0, 0.1) is 0 Å². The lowest BCUT2D eigenvalue weighted by Crippen LogP contribution is -2.20. The number of hydrogen-bond donors (Lipinski definition) is 0. The van der Waals surface area contributed by atoms with E-state index >= 15 is 0 Å². The highest BCUT2D eigenvalue weighted by molar-refractivity contribution is 7.15. The Kier molecular flexibility index (Phi) is 4.18. The first kappa shape index (κ1) is 12.1. The maximum absolute atomic E-state index is 6.03. The van der Waals surface area contributed by atoms with Crippen LogP contribution in [-0.4, -0.2) is 7.63 Å². The van der Waals surface area contributed by atoms with E-state index in [-0.39, 0.29) is 0 Å². The molecule has 0 aliphatic carbocycles. The maximum atomic E-state index is 6.03. The van der Waals surface area contributed by atoms with E-state index < -0.39 is 7.63 Å². The van der Waals surface area contributed by atoms with Crippen molar-refractivity contribution < 1.29 is 4.43 Å². The molecule has 0 N–H and O–H groups in total. The number of benzene rings is 1. The third-order valence-electron chi connectivity index (χ3n) is 1.64.